The number of ketones is 1. The molecule has 1 heterocycles. The van der Waals surface area contributed by atoms with Crippen molar-refractivity contribution in [3.05, 3.63) is 0 Å². The molecule has 88 valence electrons. The van der Waals surface area contributed by atoms with Gasteiger partial charge in [0.2, 0.25) is 0 Å². The third-order valence-electron chi connectivity index (χ3n) is 3.36. The molecule has 15 heavy (non-hydrogen) atoms. The normalized spacial score (nSPS) is 27.7. The zero-order valence-electron chi connectivity index (χ0n) is 10.7. The van der Waals surface area contributed by atoms with E-state index in [4.69, 9.17) is 0 Å². The molecule has 1 atom stereocenters. The van der Waals surface area contributed by atoms with Gasteiger partial charge in [-0.3, -0.25) is 4.79 Å². The zero-order chi connectivity index (χ0) is 11.5. The molecular weight excluding hydrogens is 186 g/mol. The molecule has 0 bridgehead atoms. The van der Waals surface area contributed by atoms with Gasteiger partial charge in [0.15, 0.2) is 0 Å². The molecule has 0 aliphatic carbocycles. The molecule has 0 radical (unpaired) electrons. The van der Waals surface area contributed by atoms with Gasteiger partial charge in [-0.2, -0.15) is 0 Å². The molecule has 1 saturated heterocycles. The second-order valence-electron chi connectivity index (χ2n) is 5.89. The van der Waals surface area contributed by atoms with E-state index in [9.17, 15) is 4.79 Å². The van der Waals surface area contributed by atoms with Crippen LogP contribution in [-0.2, 0) is 4.79 Å². The summed E-state index contributed by atoms with van der Waals surface area (Å²) in [5, 5.41) is 3.39. The summed E-state index contributed by atoms with van der Waals surface area (Å²) in [6, 6.07) is 0. The number of hydrogen-bond acceptors (Lipinski definition) is 2. The van der Waals surface area contributed by atoms with Crippen LogP contribution in [0.1, 0.15) is 53.4 Å². The van der Waals surface area contributed by atoms with Gasteiger partial charge in [0.1, 0.15) is 5.78 Å². The molecule has 0 spiro atoms. The van der Waals surface area contributed by atoms with Gasteiger partial charge in [-0.25, -0.2) is 0 Å². The molecule has 1 aliphatic rings. The van der Waals surface area contributed by atoms with Crippen LogP contribution in [0.3, 0.4) is 0 Å². The highest BCUT2D eigenvalue weighted by Gasteiger charge is 2.43. The first-order valence-electron chi connectivity index (χ1n) is 6.18. The molecule has 1 rings (SSSR count). The highest BCUT2D eigenvalue weighted by molar-refractivity contribution is 5.89. The third kappa shape index (κ3) is 2.81. The third-order valence-corrected chi connectivity index (χ3v) is 3.36. The number of carbonyl (C=O) groups is 1. The molecular formula is C13H25NO. The van der Waals surface area contributed by atoms with Crippen LogP contribution in [0.4, 0.5) is 0 Å². The Bertz CT molecular complexity index is 216. The Morgan fingerprint density at radius 1 is 1.40 bits per heavy atom. The van der Waals surface area contributed by atoms with Crippen molar-refractivity contribution in [1.29, 1.82) is 0 Å². The Morgan fingerprint density at radius 3 is 2.47 bits per heavy atom. The number of rotatable bonds is 3. The highest BCUT2D eigenvalue weighted by Crippen LogP contribution is 2.38. The fraction of sp³-hybridized carbons (Fsp3) is 0.923. The summed E-state index contributed by atoms with van der Waals surface area (Å²) in [7, 11) is 0. The molecule has 2 nitrogen and oxygen atoms in total. The van der Waals surface area contributed by atoms with Crippen LogP contribution in [0.5, 0.6) is 0 Å². The van der Waals surface area contributed by atoms with Gasteiger partial charge < -0.3 is 5.32 Å². The minimum atomic E-state index is -0.200. The zero-order valence-corrected chi connectivity index (χ0v) is 10.7. The van der Waals surface area contributed by atoms with Crippen LogP contribution in [0.25, 0.3) is 0 Å². The average Bonchev–Trinajstić information content (AvgIpc) is 2.17. The lowest BCUT2D eigenvalue weighted by Crippen LogP contribution is -2.49. The second kappa shape index (κ2) is 4.65. The number of Topliss-reactive ketones (excluding diaryl/α,β-unsaturated/α-hetero) is 1. The summed E-state index contributed by atoms with van der Waals surface area (Å²) < 4.78 is 0. The lowest BCUT2D eigenvalue weighted by atomic mass is 9.66. The molecule has 0 amide bonds. The highest BCUT2D eigenvalue weighted by atomic mass is 16.1. The first-order valence-corrected chi connectivity index (χ1v) is 6.18. The summed E-state index contributed by atoms with van der Waals surface area (Å²) in [6.45, 7) is 10.3. The van der Waals surface area contributed by atoms with Crippen molar-refractivity contribution in [1.82, 2.24) is 5.32 Å². The molecule has 1 fully saturated rings. The van der Waals surface area contributed by atoms with Gasteiger partial charge in [-0.1, -0.05) is 34.1 Å². The Labute approximate surface area is 93.8 Å². The SMILES string of the molecule is CCCC1(C(=O)C(C)(C)C)CCCNC1. The van der Waals surface area contributed by atoms with Crippen molar-refractivity contribution >= 4 is 5.78 Å². The van der Waals surface area contributed by atoms with Crippen LogP contribution < -0.4 is 5.32 Å². The summed E-state index contributed by atoms with van der Waals surface area (Å²) in [4.78, 5) is 12.5. The van der Waals surface area contributed by atoms with Crippen molar-refractivity contribution in [3.63, 3.8) is 0 Å². The molecule has 0 saturated carbocycles. The van der Waals surface area contributed by atoms with Gasteiger partial charge in [-0.15, -0.1) is 0 Å². The van der Waals surface area contributed by atoms with Crippen LogP contribution in [0.2, 0.25) is 0 Å². The van der Waals surface area contributed by atoms with Crippen molar-refractivity contribution in [2.24, 2.45) is 10.8 Å². The van der Waals surface area contributed by atoms with Crippen molar-refractivity contribution in [2.75, 3.05) is 13.1 Å². The first-order chi connectivity index (χ1) is 6.92. The van der Waals surface area contributed by atoms with E-state index in [0.717, 1.165) is 38.8 Å². The molecule has 0 aromatic rings. The van der Waals surface area contributed by atoms with E-state index in [-0.39, 0.29) is 10.8 Å². The molecule has 2 heteroatoms. The molecule has 0 aromatic carbocycles. The largest absolute Gasteiger partial charge is 0.316 e. The van der Waals surface area contributed by atoms with E-state index in [1.807, 2.05) is 20.8 Å². The number of carbonyl (C=O) groups excluding carboxylic acids is 1. The summed E-state index contributed by atoms with van der Waals surface area (Å²) in [5.41, 5.74) is -0.278. The Morgan fingerprint density at radius 2 is 2.07 bits per heavy atom. The predicted molar refractivity (Wildman–Crippen MR) is 63.9 cm³/mol. The standard InChI is InChI=1S/C13H25NO/c1-5-7-13(8-6-9-14-10-13)11(15)12(2,3)4/h14H,5-10H2,1-4H3. The fourth-order valence-corrected chi connectivity index (χ4v) is 2.76. The summed E-state index contributed by atoms with van der Waals surface area (Å²) >= 11 is 0. The minimum Gasteiger partial charge on any atom is -0.316 e. The average molecular weight is 211 g/mol. The predicted octanol–water partition coefficient (Wildman–Crippen LogP) is 2.77. The maximum absolute atomic E-state index is 12.5. The van der Waals surface area contributed by atoms with Crippen molar-refractivity contribution in [2.45, 2.75) is 53.4 Å². The fourth-order valence-electron chi connectivity index (χ4n) is 2.76. The summed E-state index contributed by atoms with van der Waals surface area (Å²) in [5.74, 6) is 0.448. The van der Waals surface area contributed by atoms with E-state index in [1.165, 1.54) is 0 Å². The van der Waals surface area contributed by atoms with Crippen LogP contribution >= 0.6 is 0 Å². The second-order valence-corrected chi connectivity index (χ2v) is 5.89. The number of nitrogens with one attached hydrogen (secondary N) is 1. The van der Waals surface area contributed by atoms with Gasteiger partial charge in [0, 0.05) is 17.4 Å². The monoisotopic (exact) mass is 211 g/mol. The van der Waals surface area contributed by atoms with E-state index in [1.54, 1.807) is 0 Å². The molecule has 1 aliphatic heterocycles. The van der Waals surface area contributed by atoms with E-state index < -0.39 is 0 Å². The van der Waals surface area contributed by atoms with E-state index in [2.05, 4.69) is 12.2 Å². The minimum absolute atomic E-state index is 0.0781. The van der Waals surface area contributed by atoms with Gasteiger partial charge in [-0.05, 0) is 25.8 Å². The van der Waals surface area contributed by atoms with Crippen molar-refractivity contribution in [3.8, 4) is 0 Å². The Hall–Kier alpha value is -0.370. The van der Waals surface area contributed by atoms with E-state index >= 15 is 0 Å². The van der Waals surface area contributed by atoms with E-state index in [0.29, 0.717) is 5.78 Å². The first kappa shape index (κ1) is 12.7. The van der Waals surface area contributed by atoms with Gasteiger partial charge in [0.25, 0.3) is 0 Å². The Balaban J connectivity index is 2.84. The maximum Gasteiger partial charge on any atom is 0.145 e. The maximum atomic E-state index is 12.5. The van der Waals surface area contributed by atoms with Gasteiger partial charge in [0.05, 0.1) is 0 Å². The smallest absolute Gasteiger partial charge is 0.145 e. The number of hydrogen-bond donors (Lipinski definition) is 1. The van der Waals surface area contributed by atoms with Crippen LogP contribution in [0, 0.1) is 10.8 Å². The van der Waals surface area contributed by atoms with Gasteiger partial charge >= 0.3 is 0 Å². The molecule has 1 N–H and O–H groups in total. The lowest BCUT2D eigenvalue weighted by Gasteiger charge is -2.40. The molecule has 1 unspecified atom stereocenters. The Kier molecular flexibility index (Phi) is 3.93. The van der Waals surface area contributed by atoms with Crippen LogP contribution in [0.15, 0.2) is 0 Å². The number of piperidine rings is 1. The van der Waals surface area contributed by atoms with Crippen molar-refractivity contribution < 1.29 is 4.79 Å². The van der Waals surface area contributed by atoms with Crippen LogP contribution in [-0.4, -0.2) is 18.9 Å². The topological polar surface area (TPSA) is 29.1 Å². The lowest BCUT2D eigenvalue weighted by molar-refractivity contribution is -0.138. The molecule has 0 aromatic heterocycles. The summed E-state index contributed by atoms with van der Waals surface area (Å²) in [6.07, 6.45) is 4.35. The quantitative estimate of drug-likeness (QED) is 0.777.